The van der Waals surface area contributed by atoms with Gasteiger partial charge in [-0.15, -0.1) is 0 Å². The largest absolute Gasteiger partial charge is 0.343 e. The maximum atomic E-state index is 12.6. The Morgan fingerprint density at radius 3 is 1.92 bits per heavy atom. The lowest BCUT2D eigenvalue weighted by atomic mass is 10.1. The molecular formula is C28H55ClN6O2. The third-order valence-corrected chi connectivity index (χ3v) is 7.08. The lowest BCUT2D eigenvalue weighted by Crippen LogP contribution is -2.55. The van der Waals surface area contributed by atoms with E-state index in [1.165, 1.54) is 57.8 Å². The van der Waals surface area contributed by atoms with E-state index in [4.69, 9.17) is 11.8 Å². The van der Waals surface area contributed by atoms with E-state index in [0.29, 0.717) is 13.1 Å². The van der Waals surface area contributed by atoms with E-state index >= 15 is 0 Å². The van der Waals surface area contributed by atoms with E-state index in [-0.39, 0.29) is 18.4 Å². The minimum absolute atomic E-state index is 0.0922. The van der Waals surface area contributed by atoms with Crippen LogP contribution in [0.2, 0.25) is 0 Å². The summed E-state index contributed by atoms with van der Waals surface area (Å²) in [7, 11) is 1.95. The fourth-order valence-electron chi connectivity index (χ4n) is 4.55. The summed E-state index contributed by atoms with van der Waals surface area (Å²) in [6.07, 6.45) is 21.1. The summed E-state index contributed by atoms with van der Waals surface area (Å²) < 4.78 is 0. The molecule has 0 aromatic rings. The second-order valence-electron chi connectivity index (χ2n) is 10.2. The first-order valence-corrected chi connectivity index (χ1v) is 15.1. The highest BCUT2D eigenvalue weighted by atomic mass is 35.5. The van der Waals surface area contributed by atoms with Crippen molar-refractivity contribution < 1.29 is 9.59 Å². The minimum atomic E-state index is -0.668. The Morgan fingerprint density at radius 1 is 0.811 bits per heavy atom. The molecule has 2 amide bonds. The average molecular weight is 543 g/mol. The molecule has 216 valence electrons. The van der Waals surface area contributed by atoms with Crippen LogP contribution >= 0.6 is 11.8 Å². The molecule has 1 rings (SSSR count). The molecule has 1 heterocycles. The number of piperazine rings is 1. The molecule has 9 heteroatoms. The van der Waals surface area contributed by atoms with Crippen LogP contribution in [0.5, 0.6) is 0 Å². The highest BCUT2D eigenvalue weighted by Gasteiger charge is 2.22. The molecular weight excluding hydrogens is 488 g/mol. The van der Waals surface area contributed by atoms with Crippen LogP contribution in [0.25, 0.3) is 0 Å². The standard InChI is InChI=1S/C28H55ClN6O2/c1-3-4-5-6-7-8-9-10-11-12-13-14-15-16-17-18-27(36)33-26(23-32-29)28(37)31-25-35-21-19-34(20-22-35)24-30-2/h10-11,26,30,32H,3-9,12-25H2,1-2H3,(H,31,37)(H,33,36)/b11-10-/t26-/m0/s1. The molecule has 1 aliphatic heterocycles. The number of carbonyl (C=O) groups excluding carboxylic acids is 2. The summed E-state index contributed by atoms with van der Waals surface area (Å²) in [5, 5.41) is 8.95. The van der Waals surface area contributed by atoms with Crippen LogP contribution in [0.15, 0.2) is 12.2 Å². The molecule has 1 aliphatic rings. The topological polar surface area (TPSA) is 88.7 Å². The first-order chi connectivity index (χ1) is 18.1. The molecule has 0 saturated carbocycles. The second kappa shape index (κ2) is 23.9. The van der Waals surface area contributed by atoms with Gasteiger partial charge in [-0.25, -0.2) is 4.84 Å². The summed E-state index contributed by atoms with van der Waals surface area (Å²) in [6.45, 7) is 7.56. The van der Waals surface area contributed by atoms with Crippen LogP contribution in [-0.4, -0.2) is 80.8 Å². The van der Waals surface area contributed by atoms with Crippen molar-refractivity contribution in [3.63, 3.8) is 0 Å². The summed E-state index contributed by atoms with van der Waals surface area (Å²) in [5.41, 5.74) is 0. The molecule has 4 N–H and O–H groups in total. The third-order valence-electron chi connectivity index (χ3n) is 6.92. The monoisotopic (exact) mass is 542 g/mol. The number of unbranched alkanes of at least 4 members (excludes halogenated alkanes) is 11. The molecule has 0 aliphatic carbocycles. The van der Waals surface area contributed by atoms with E-state index in [1.54, 1.807) is 0 Å². The van der Waals surface area contributed by atoms with Crippen LogP contribution in [0.4, 0.5) is 0 Å². The molecule has 1 atom stereocenters. The van der Waals surface area contributed by atoms with Crippen molar-refractivity contribution in [2.75, 3.05) is 53.1 Å². The Hall–Kier alpha value is -1.19. The van der Waals surface area contributed by atoms with Crippen LogP contribution in [0.1, 0.15) is 96.8 Å². The fraction of sp³-hybridized carbons (Fsp3) is 0.857. The number of halogens is 1. The lowest BCUT2D eigenvalue weighted by molar-refractivity contribution is -0.129. The number of rotatable bonds is 23. The Bertz CT molecular complexity index is 599. The van der Waals surface area contributed by atoms with E-state index in [1.807, 2.05) is 7.05 Å². The van der Waals surface area contributed by atoms with Crippen molar-refractivity contribution >= 4 is 23.6 Å². The molecule has 0 aromatic carbocycles. The van der Waals surface area contributed by atoms with E-state index < -0.39 is 6.04 Å². The maximum absolute atomic E-state index is 12.6. The summed E-state index contributed by atoms with van der Waals surface area (Å²) in [4.78, 5) is 32.0. The van der Waals surface area contributed by atoms with Gasteiger partial charge >= 0.3 is 0 Å². The van der Waals surface area contributed by atoms with E-state index in [0.717, 1.165) is 58.5 Å². The van der Waals surface area contributed by atoms with Crippen LogP contribution in [0.3, 0.4) is 0 Å². The third kappa shape index (κ3) is 18.7. The molecule has 1 fully saturated rings. The summed E-state index contributed by atoms with van der Waals surface area (Å²) in [6, 6.07) is -0.668. The van der Waals surface area contributed by atoms with Gasteiger partial charge in [0.05, 0.1) is 6.67 Å². The molecule has 0 radical (unpaired) electrons. The number of nitrogens with zero attached hydrogens (tertiary/aromatic N) is 2. The van der Waals surface area contributed by atoms with Crippen molar-refractivity contribution in [3.05, 3.63) is 12.2 Å². The number of carbonyl (C=O) groups is 2. The van der Waals surface area contributed by atoms with Crippen molar-refractivity contribution in [2.45, 2.75) is 103 Å². The van der Waals surface area contributed by atoms with Gasteiger partial charge in [-0.1, -0.05) is 70.4 Å². The Kier molecular flexibility index (Phi) is 21.9. The number of allylic oxidation sites excluding steroid dienone is 2. The molecule has 0 aromatic heterocycles. The van der Waals surface area contributed by atoms with Crippen molar-refractivity contribution in [1.29, 1.82) is 0 Å². The smallest absolute Gasteiger partial charge is 0.244 e. The van der Waals surface area contributed by atoms with Crippen molar-refractivity contribution in [2.24, 2.45) is 0 Å². The fourth-order valence-corrected chi connectivity index (χ4v) is 4.71. The number of hydrogen-bond acceptors (Lipinski definition) is 6. The SMILES string of the molecule is CCCCCCCC/C=C\CCCCCCCC(=O)N[C@@H](CNCl)C(=O)NCN1CCN(CNC)CC1. The van der Waals surface area contributed by atoms with Crippen LogP contribution in [-0.2, 0) is 9.59 Å². The van der Waals surface area contributed by atoms with Crippen molar-refractivity contribution in [3.8, 4) is 0 Å². The summed E-state index contributed by atoms with van der Waals surface area (Å²) >= 11 is 5.66. The summed E-state index contributed by atoms with van der Waals surface area (Å²) in [5.74, 6) is -0.297. The number of hydrogen-bond donors (Lipinski definition) is 4. The molecule has 0 bridgehead atoms. The number of amides is 2. The molecule has 1 saturated heterocycles. The van der Waals surface area contributed by atoms with E-state index in [2.05, 4.69) is 49.7 Å². The Balaban J connectivity index is 2.06. The normalized spacial score (nSPS) is 15.8. The van der Waals surface area contributed by atoms with Gasteiger partial charge in [0.1, 0.15) is 6.04 Å². The van der Waals surface area contributed by atoms with Gasteiger partial charge in [-0.05, 0) is 50.9 Å². The van der Waals surface area contributed by atoms with Gasteiger partial charge < -0.3 is 16.0 Å². The average Bonchev–Trinajstić information content (AvgIpc) is 2.90. The Labute approximate surface area is 231 Å². The zero-order valence-electron chi connectivity index (χ0n) is 23.7. The zero-order valence-corrected chi connectivity index (χ0v) is 24.4. The first-order valence-electron chi connectivity index (χ1n) is 14.8. The zero-order chi connectivity index (χ0) is 27.0. The van der Waals surface area contributed by atoms with Gasteiger partial charge in [-0.2, -0.15) is 0 Å². The molecule has 37 heavy (non-hydrogen) atoms. The van der Waals surface area contributed by atoms with E-state index in [9.17, 15) is 9.59 Å². The molecule has 0 unspecified atom stereocenters. The van der Waals surface area contributed by atoms with Crippen molar-refractivity contribution in [1.82, 2.24) is 30.6 Å². The quantitative estimate of drug-likeness (QED) is 0.0882. The van der Waals surface area contributed by atoms with Crippen LogP contribution < -0.4 is 20.8 Å². The lowest BCUT2D eigenvalue weighted by Gasteiger charge is -2.34. The molecule has 8 nitrogen and oxygen atoms in total. The van der Waals surface area contributed by atoms with Gasteiger partial charge in [0.25, 0.3) is 0 Å². The maximum Gasteiger partial charge on any atom is 0.244 e. The highest BCUT2D eigenvalue weighted by molar-refractivity contribution is 6.13. The minimum Gasteiger partial charge on any atom is -0.343 e. The molecule has 0 spiro atoms. The Morgan fingerprint density at radius 2 is 1.35 bits per heavy atom. The van der Waals surface area contributed by atoms with Crippen LogP contribution in [0, 0.1) is 0 Å². The predicted molar refractivity (Wildman–Crippen MR) is 155 cm³/mol. The van der Waals surface area contributed by atoms with Gasteiger partial charge in [0.15, 0.2) is 0 Å². The van der Waals surface area contributed by atoms with Gasteiger partial charge in [0, 0.05) is 45.8 Å². The second-order valence-corrected chi connectivity index (χ2v) is 10.5. The predicted octanol–water partition coefficient (Wildman–Crippen LogP) is 4.12. The number of nitrogens with one attached hydrogen (secondary N) is 4. The highest BCUT2D eigenvalue weighted by Crippen LogP contribution is 2.10. The van der Waals surface area contributed by atoms with Gasteiger partial charge in [0.2, 0.25) is 11.8 Å². The van der Waals surface area contributed by atoms with Gasteiger partial charge in [-0.3, -0.25) is 19.4 Å². The first kappa shape index (κ1) is 33.8.